The summed E-state index contributed by atoms with van der Waals surface area (Å²) in [5, 5.41) is 0. The maximum absolute atomic E-state index is 12.3. The molecule has 0 bridgehead atoms. The van der Waals surface area contributed by atoms with Crippen LogP contribution >= 0.6 is 0 Å². The van der Waals surface area contributed by atoms with Gasteiger partial charge in [0, 0.05) is 19.6 Å². The smallest absolute Gasteiger partial charge is 0.215 e. The summed E-state index contributed by atoms with van der Waals surface area (Å²) in [6, 6.07) is 17.2. The lowest BCUT2D eigenvalue weighted by Gasteiger charge is -2.21. The average molecular weight is 360 g/mol. The molecule has 2 aromatic carbocycles. The van der Waals surface area contributed by atoms with Gasteiger partial charge in [-0.05, 0) is 30.0 Å². The second-order valence-electron chi connectivity index (χ2n) is 6.37. The quantitative estimate of drug-likeness (QED) is 0.825. The van der Waals surface area contributed by atoms with Gasteiger partial charge in [0.15, 0.2) is 0 Å². The largest absolute Gasteiger partial charge is 0.495 e. The van der Waals surface area contributed by atoms with Crippen LogP contribution in [0.1, 0.15) is 12.0 Å². The molecule has 1 aliphatic heterocycles. The van der Waals surface area contributed by atoms with Gasteiger partial charge in [0.1, 0.15) is 5.75 Å². The van der Waals surface area contributed by atoms with Crippen molar-refractivity contribution in [3.63, 3.8) is 0 Å². The third-order valence-corrected chi connectivity index (χ3v) is 5.82. The molecule has 0 aliphatic carbocycles. The third-order valence-electron chi connectivity index (χ3n) is 4.50. The van der Waals surface area contributed by atoms with E-state index in [9.17, 15) is 8.42 Å². The van der Waals surface area contributed by atoms with Gasteiger partial charge in [-0.25, -0.2) is 13.1 Å². The Morgan fingerprint density at radius 1 is 1.12 bits per heavy atom. The van der Waals surface area contributed by atoms with Crippen LogP contribution in [0.25, 0.3) is 0 Å². The van der Waals surface area contributed by atoms with Crippen molar-refractivity contribution in [1.82, 2.24) is 4.72 Å². The molecule has 1 fully saturated rings. The number of benzene rings is 2. The van der Waals surface area contributed by atoms with Crippen molar-refractivity contribution in [2.45, 2.75) is 12.2 Å². The number of anilines is 1. The van der Waals surface area contributed by atoms with Gasteiger partial charge in [-0.15, -0.1) is 0 Å². The molecule has 6 heteroatoms. The van der Waals surface area contributed by atoms with Crippen molar-refractivity contribution < 1.29 is 13.2 Å². The Balaban J connectivity index is 1.55. The average Bonchev–Trinajstić information content (AvgIpc) is 3.09. The van der Waals surface area contributed by atoms with E-state index in [-0.39, 0.29) is 5.75 Å². The third kappa shape index (κ3) is 4.74. The molecular formula is C19H24N2O3S. The number of nitrogens with one attached hydrogen (secondary N) is 1. The van der Waals surface area contributed by atoms with Crippen LogP contribution in [0.5, 0.6) is 5.75 Å². The second kappa shape index (κ2) is 7.89. The summed E-state index contributed by atoms with van der Waals surface area (Å²) in [6.45, 7) is 2.21. The molecule has 134 valence electrons. The van der Waals surface area contributed by atoms with E-state index in [1.807, 2.05) is 54.6 Å². The number of nitrogens with zero attached hydrogens (tertiary/aromatic N) is 1. The fourth-order valence-electron chi connectivity index (χ4n) is 3.20. The van der Waals surface area contributed by atoms with Gasteiger partial charge in [-0.3, -0.25) is 0 Å². The minimum atomic E-state index is -3.31. The minimum Gasteiger partial charge on any atom is -0.495 e. The van der Waals surface area contributed by atoms with Crippen LogP contribution in [0.4, 0.5) is 5.69 Å². The van der Waals surface area contributed by atoms with E-state index < -0.39 is 10.0 Å². The van der Waals surface area contributed by atoms with E-state index in [2.05, 4.69) is 9.62 Å². The molecule has 0 aromatic heterocycles. The first kappa shape index (κ1) is 17.8. The van der Waals surface area contributed by atoms with E-state index in [4.69, 9.17) is 4.74 Å². The lowest BCUT2D eigenvalue weighted by atomic mass is 10.1. The molecule has 1 aliphatic rings. The number of sulfonamides is 1. The van der Waals surface area contributed by atoms with Crippen molar-refractivity contribution in [2.75, 3.05) is 31.6 Å². The topological polar surface area (TPSA) is 58.6 Å². The SMILES string of the molecule is COc1ccccc1N1CC[C@@H](CNS(=O)(=O)Cc2ccccc2)C1. The summed E-state index contributed by atoms with van der Waals surface area (Å²) in [6.07, 6.45) is 0.964. The van der Waals surface area contributed by atoms with Gasteiger partial charge in [0.05, 0.1) is 18.6 Å². The molecule has 0 saturated carbocycles. The van der Waals surface area contributed by atoms with Crippen LogP contribution in [0.2, 0.25) is 0 Å². The van der Waals surface area contributed by atoms with Crippen LogP contribution in [-0.4, -0.2) is 35.2 Å². The van der Waals surface area contributed by atoms with E-state index in [0.717, 1.165) is 36.5 Å². The molecule has 5 nitrogen and oxygen atoms in total. The van der Waals surface area contributed by atoms with Gasteiger partial charge in [-0.1, -0.05) is 42.5 Å². The molecular weight excluding hydrogens is 336 g/mol. The second-order valence-corrected chi connectivity index (χ2v) is 8.17. The first-order valence-corrected chi connectivity index (χ1v) is 10.1. The molecule has 2 aromatic rings. The fourth-order valence-corrected chi connectivity index (χ4v) is 4.42. The Morgan fingerprint density at radius 2 is 1.84 bits per heavy atom. The summed E-state index contributed by atoms with van der Waals surface area (Å²) in [7, 11) is -1.64. The van der Waals surface area contributed by atoms with Gasteiger partial charge >= 0.3 is 0 Å². The highest BCUT2D eigenvalue weighted by molar-refractivity contribution is 7.88. The van der Waals surface area contributed by atoms with Crippen LogP contribution in [0.3, 0.4) is 0 Å². The van der Waals surface area contributed by atoms with Gasteiger partial charge in [-0.2, -0.15) is 0 Å². The molecule has 1 heterocycles. The zero-order valence-electron chi connectivity index (χ0n) is 14.4. The molecule has 0 unspecified atom stereocenters. The van der Waals surface area contributed by atoms with E-state index >= 15 is 0 Å². The van der Waals surface area contributed by atoms with Crippen molar-refractivity contribution in [3.8, 4) is 5.75 Å². The normalized spacial score (nSPS) is 17.6. The number of hydrogen-bond acceptors (Lipinski definition) is 4. The molecule has 1 atom stereocenters. The summed E-state index contributed by atoms with van der Waals surface area (Å²) in [5.41, 5.74) is 1.87. The van der Waals surface area contributed by atoms with E-state index in [1.165, 1.54) is 0 Å². The van der Waals surface area contributed by atoms with Crippen molar-refractivity contribution in [1.29, 1.82) is 0 Å². The Labute approximate surface area is 149 Å². The Bertz CT molecular complexity index is 793. The summed E-state index contributed by atoms with van der Waals surface area (Å²) in [5.74, 6) is 1.18. The number of para-hydroxylation sites is 2. The minimum absolute atomic E-state index is 0.0246. The first-order valence-electron chi connectivity index (χ1n) is 8.46. The summed E-state index contributed by atoms with van der Waals surface area (Å²) >= 11 is 0. The van der Waals surface area contributed by atoms with Gasteiger partial charge in [0.2, 0.25) is 10.0 Å². The molecule has 0 amide bonds. The number of methoxy groups -OCH3 is 1. The van der Waals surface area contributed by atoms with Crippen LogP contribution < -0.4 is 14.4 Å². The predicted octanol–water partition coefficient (Wildman–Crippen LogP) is 2.64. The van der Waals surface area contributed by atoms with E-state index in [0.29, 0.717) is 12.5 Å². The highest BCUT2D eigenvalue weighted by atomic mass is 32.2. The van der Waals surface area contributed by atoms with Crippen LogP contribution in [-0.2, 0) is 15.8 Å². The van der Waals surface area contributed by atoms with Gasteiger partial charge < -0.3 is 9.64 Å². The first-order chi connectivity index (χ1) is 12.1. The molecule has 3 rings (SSSR count). The number of hydrogen-bond donors (Lipinski definition) is 1. The Hall–Kier alpha value is -2.05. The fraction of sp³-hybridized carbons (Fsp3) is 0.368. The van der Waals surface area contributed by atoms with E-state index in [1.54, 1.807) is 7.11 Å². The zero-order chi connectivity index (χ0) is 17.7. The molecule has 0 radical (unpaired) electrons. The molecule has 25 heavy (non-hydrogen) atoms. The predicted molar refractivity (Wildman–Crippen MR) is 100 cm³/mol. The van der Waals surface area contributed by atoms with Crippen molar-refractivity contribution >= 4 is 15.7 Å². The Kier molecular flexibility index (Phi) is 5.60. The maximum atomic E-state index is 12.3. The van der Waals surface area contributed by atoms with Crippen LogP contribution in [0.15, 0.2) is 54.6 Å². The number of rotatable bonds is 7. The maximum Gasteiger partial charge on any atom is 0.215 e. The highest BCUT2D eigenvalue weighted by Gasteiger charge is 2.25. The van der Waals surface area contributed by atoms with Crippen LogP contribution in [0, 0.1) is 5.92 Å². The lowest BCUT2D eigenvalue weighted by molar-refractivity contribution is 0.414. The summed E-state index contributed by atoms with van der Waals surface area (Å²) in [4.78, 5) is 2.26. The molecule has 1 N–H and O–H groups in total. The highest BCUT2D eigenvalue weighted by Crippen LogP contribution is 2.31. The lowest BCUT2D eigenvalue weighted by Crippen LogP contribution is -2.32. The standard InChI is InChI=1S/C19H24N2O3S/c1-24-19-10-6-5-9-18(19)21-12-11-17(14-21)13-20-25(22,23)15-16-7-3-2-4-8-16/h2-10,17,20H,11-15H2,1H3/t17-/m0/s1. The summed E-state index contributed by atoms with van der Waals surface area (Å²) < 4.78 is 32.7. The zero-order valence-corrected chi connectivity index (χ0v) is 15.2. The molecule has 1 saturated heterocycles. The van der Waals surface area contributed by atoms with Gasteiger partial charge in [0.25, 0.3) is 0 Å². The van der Waals surface area contributed by atoms with Crippen molar-refractivity contribution in [2.24, 2.45) is 5.92 Å². The number of ether oxygens (including phenoxy) is 1. The van der Waals surface area contributed by atoms with Crippen molar-refractivity contribution in [3.05, 3.63) is 60.2 Å². The molecule has 0 spiro atoms. The monoisotopic (exact) mass is 360 g/mol. The Morgan fingerprint density at radius 3 is 2.60 bits per heavy atom.